The van der Waals surface area contributed by atoms with Crippen LogP contribution < -0.4 is 9.47 Å². The third-order valence-corrected chi connectivity index (χ3v) is 2.91. The predicted molar refractivity (Wildman–Crippen MR) is 79.6 cm³/mol. The lowest BCUT2D eigenvalue weighted by Gasteiger charge is -2.05. The van der Waals surface area contributed by atoms with Gasteiger partial charge >= 0.3 is 0 Å². The first kappa shape index (κ1) is 13.7. The number of rotatable bonds is 4. The van der Waals surface area contributed by atoms with Gasteiger partial charge in [0.2, 0.25) is 0 Å². The summed E-state index contributed by atoms with van der Waals surface area (Å²) in [5.74, 6) is 1.47. The molecule has 0 saturated carbocycles. The third-order valence-electron chi connectivity index (χ3n) is 2.91. The number of ether oxygens (including phenoxy) is 2. The largest absolute Gasteiger partial charge is 0.497 e. The van der Waals surface area contributed by atoms with E-state index in [0.29, 0.717) is 5.56 Å². The number of methoxy groups -OCH3 is 2. The predicted octanol–water partition coefficient (Wildman–Crippen LogP) is 3.75. The summed E-state index contributed by atoms with van der Waals surface area (Å²) in [6.45, 7) is 0. The summed E-state index contributed by atoms with van der Waals surface area (Å²) in [4.78, 5) is 0. The number of hydrogen-bond acceptors (Lipinski definition) is 3. The van der Waals surface area contributed by atoms with Crippen LogP contribution in [0, 0.1) is 11.3 Å². The average Bonchev–Trinajstić information content (AvgIpc) is 2.52. The first-order valence-electron chi connectivity index (χ1n) is 6.17. The van der Waals surface area contributed by atoms with Gasteiger partial charge in [0.05, 0.1) is 25.9 Å². The van der Waals surface area contributed by atoms with Gasteiger partial charge in [-0.05, 0) is 29.3 Å². The molecule has 0 aromatic heterocycles. The number of hydrogen-bond donors (Lipinski definition) is 0. The smallest absolute Gasteiger partial charge is 0.123 e. The monoisotopic (exact) mass is 265 g/mol. The molecule has 0 aliphatic rings. The van der Waals surface area contributed by atoms with Crippen molar-refractivity contribution in [1.29, 1.82) is 5.26 Å². The van der Waals surface area contributed by atoms with Crippen molar-refractivity contribution in [3.8, 4) is 17.6 Å². The molecule has 0 heterocycles. The van der Waals surface area contributed by atoms with Gasteiger partial charge in [-0.25, -0.2) is 0 Å². The zero-order chi connectivity index (χ0) is 14.4. The molecule has 0 spiro atoms. The van der Waals surface area contributed by atoms with Crippen LogP contribution in [0.2, 0.25) is 0 Å². The fourth-order valence-electron chi connectivity index (χ4n) is 1.86. The molecule has 0 atom stereocenters. The lowest BCUT2D eigenvalue weighted by atomic mass is 10.1. The minimum absolute atomic E-state index is 0.651. The molecule has 2 rings (SSSR count). The van der Waals surface area contributed by atoms with E-state index in [4.69, 9.17) is 14.7 Å². The topological polar surface area (TPSA) is 42.2 Å². The second-order valence-corrected chi connectivity index (χ2v) is 4.18. The van der Waals surface area contributed by atoms with Crippen LogP contribution >= 0.6 is 0 Å². The molecule has 100 valence electrons. The highest BCUT2D eigenvalue weighted by atomic mass is 16.5. The summed E-state index contributed by atoms with van der Waals surface area (Å²) >= 11 is 0. The van der Waals surface area contributed by atoms with Crippen molar-refractivity contribution in [3.63, 3.8) is 0 Å². The minimum atomic E-state index is 0.651. The Morgan fingerprint density at radius 1 is 0.950 bits per heavy atom. The van der Waals surface area contributed by atoms with Gasteiger partial charge in [-0.3, -0.25) is 0 Å². The van der Waals surface area contributed by atoms with Crippen molar-refractivity contribution in [2.75, 3.05) is 14.2 Å². The molecule has 0 saturated heterocycles. The van der Waals surface area contributed by atoms with Gasteiger partial charge in [0.15, 0.2) is 0 Å². The molecule has 0 N–H and O–H groups in total. The SMILES string of the molecule is COc1cc(/C=C/c2ccccc2C#N)cc(OC)c1. The summed E-state index contributed by atoms with van der Waals surface area (Å²) in [6.07, 6.45) is 3.84. The van der Waals surface area contributed by atoms with Crippen molar-refractivity contribution < 1.29 is 9.47 Å². The van der Waals surface area contributed by atoms with Gasteiger partial charge < -0.3 is 9.47 Å². The van der Waals surface area contributed by atoms with Crippen molar-refractivity contribution in [2.45, 2.75) is 0 Å². The standard InChI is InChI=1S/C17H15NO2/c1-19-16-9-13(10-17(11-16)20-2)7-8-14-5-3-4-6-15(14)12-18/h3-11H,1-2H3/b8-7+. The molecular formula is C17H15NO2. The normalized spacial score (nSPS) is 10.2. The van der Waals surface area contributed by atoms with Crippen LogP contribution in [-0.2, 0) is 0 Å². The van der Waals surface area contributed by atoms with E-state index in [-0.39, 0.29) is 0 Å². The van der Waals surface area contributed by atoms with Crippen LogP contribution in [0.1, 0.15) is 16.7 Å². The fourth-order valence-corrected chi connectivity index (χ4v) is 1.86. The Labute approximate surface area is 118 Å². The maximum Gasteiger partial charge on any atom is 0.123 e. The molecule has 0 amide bonds. The molecule has 2 aromatic rings. The second-order valence-electron chi connectivity index (χ2n) is 4.18. The first-order chi connectivity index (χ1) is 9.76. The van der Waals surface area contributed by atoms with Crippen LogP contribution in [0.3, 0.4) is 0 Å². The highest BCUT2D eigenvalue weighted by Crippen LogP contribution is 2.24. The number of nitriles is 1. The van der Waals surface area contributed by atoms with Crippen LogP contribution in [0.4, 0.5) is 0 Å². The van der Waals surface area contributed by atoms with Gasteiger partial charge in [-0.2, -0.15) is 5.26 Å². The van der Waals surface area contributed by atoms with E-state index in [1.54, 1.807) is 20.3 Å². The lowest BCUT2D eigenvalue weighted by molar-refractivity contribution is 0.394. The Morgan fingerprint density at radius 2 is 1.60 bits per heavy atom. The van der Waals surface area contributed by atoms with Crippen LogP contribution in [-0.4, -0.2) is 14.2 Å². The fraction of sp³-hybridized carbons (Fsp3) is 0.118. The lowest BCUT2D eigenvalue weighted by Crippen LogP contribution is -1.88. The molecule has 20 heavy (non-hydrogen) atoms. The second kappa shape index (κ2) is 6.44. The van der Waals surface area contributed by atoms with Crippen molar-refractivity contribution in [3.05, 3.63) is 59.2 Å². The zero-order valence-corrected chi connectivity index (χ0v) is 11.5. The molecule has 0 aliphatic carbocycles. The highest BCUT2D eigenvalue weighted by molar-refractivity contribution is 5.73. The summed E-state index contributed by atoms with van der Waals surface area (Å²) in [7, 11) is 3.24. The number of benzene rings is 2. The van der Waals surface area contributed by atoms with Crippen molar-refractivity contribution in [2.24, 2.45) is 0 Å². The summed E-state index contributed by atoms with van der Waals surface area (Å²) in [6, 6.07) is 15.3. The number of nitrogens with zero attached hydrogens (tertiary/aromatic N) is 1. The molecule has 0 radical (unpaired) electrons. The van der Waals surface area contributed by atoms with E-state index in [2.05, 4.69) is 6.07 Å². The maximum atomic E-state index is 9.06. The zero-order valence-electron chi connectivity index (χ0n) is 11.5. The van der Waals surface area contributed by atoms with Crippen LogP contribution in [0.15, 0.2) is 42.5 Å². The Bertz CT molecular complexity index is 647. The van der Waals surface area contributed by atoms with E-state index in [1.807, 2.05) is 48.6 Å². The van der Waals surface area contributed by atoms with E-state index >= 15 is 0 Å². The van der Waals surface area contributed by atoms with Crippen LogP contribution in [0.5, 0.6) is 11.5 Å². The molecule has 3 heteroatoms. The Balaban J connectivity index is 2.34. The van der Waals surface area contributed by atoms with Gasteiger partial charge in [-0.15, -0.1) is 0 Å². The molecule has 2 aromatic carbocycles. The van der Waals surface area contributed by atoms with Crippen LogP contribution in [0.25, 0.3) is 12.2 Å². The van der Waals surface area contributed by atoms with Gasteiger partial charge in [0.1, 0.15) is 11.5 Å². The molecule has 0 aliphatic heterocycles. The minimum Gasteiger partial charge on any atom is -0.497 e. The molecule has 0 bridgehead atoms. The molecular weight excluding hydrogens is 250 g/mol. The van der Waals surface area contributed by atoms with E-state index in [0.717, 1.165) is 22.6 Å². The summed E-state index contributed by atoms with van der Waals surface area (Å²) in [5, 5.41) is 9.06. The quantitative estimate of drug-likeness (QED) is 0.791. The maximum absolute atomic E-state index is 9.06. The van der Waals surface area contributed by atoms with Gasteiger partial charge in [-0.1, -0.05) is 30.4 Å². The van der Waals surface area contributed by atoms with E-state index in [9.17, 15) is 0 Å². The Morgan fingerprint density at radius 3 is 2.20 bits per heavy atom. The Hall–Kier alpha value is -2.73. The first-order valence-corrected chi connectivity index (χ1v) is 6.17. The molecule has 0 fully saturated rings. The van der Waals surface area contributed by atoms with E-state index in [1.165, 1.54) is 0 Å². The molecule has 0 unspecified atom stereocenters. The van der Waals surface area contributed by atoms with Gasteiger partial charge in [0, 0.05) is 6.07 Å². The Kier molecular flexibility index (Phi) is 4.41. The van der Waals surface area contributed by atoms with Crippen molar-refractivity contribution in [1.82, 2.24) is 0 Å². The summed E-state index contributed by atoms with van der Waals surface area (Å²) in [5.41, 5.74) is 2.49. The highest BCUT2D eigenvalue weighted by Gasteiger charge is 2.00. The third kappa shape index (κ3) is 3.18. The van der Waals surface area contributed by atoms with Gasteiger partial charge in [0.25, 0.3) is 0 Å². The average molecular weight is 265 g/mol. The summed E-state index contributed by atoms with van der Waals surface area (Å²) < 4.78 is 10.5. The van der Waals surface area contributed by atoms with E-state index < -0.39 is 0 Å². The molecule has 3 nitrogen and oxygen atoms in total. The van der Waals surface area contributed by atoms with Crippen molar-refractivity contribution >= 4 is 12.2 Å².